The number of amides is 2. The van der Waals surface area contributed by atoms with Crippen LogP contribution in [0.3, 0.4) is 0 Å². The number of carbonyl (C=O) groups excluding carboxylic acids is 2. The van der Waals surface area contributed by atoms with Gasteiger partial charge in [0, 0.05) is 0 Å². The highest BCUT2D eigenvalue weighted by Gasteiger charge is 2.17. The lowest BCUT2D eigenvalue weighted by molar-refractivity contribution is -0.125. The summed E-state index contributed by atoms with van der Waals surface area (Å²) in [4.78, 5) is 23.4. The van der Waals surface area contributed by atoms with Crippen LogP contribution in [0.2, 0.25) is 5.02 Å². The average molecular weight is 309 g/mol. The fourth-order valence-corrected chi connectivity index (χ4v) is 1.64. The number of hydrogen-bond acceptors (Lipinski definition) is 4. The van der Waals surface area contributed by atoms with E-state index in [-0.39, 0.29) is 12.5 Å². The molecule has 1 atom stereocenters. The molecule has 0 aliphatic carbocycles. The number of nitrogens with zero attached hydrogens (tertiary/aromatic N) is 1. The molecule has 0 bridgehead atoms. The molecule has 1 aromatic rings. The lowest BCUT2D eigenvalue weighted by Crippen LogP contribution is -2.46. The van der Waals surface area contributed by atoms with Crippen LogP contribution >= 0.6 is 11.6 Å². The van der Waals surface area contributed by atoms with Crippen LogP contribution in [0.25, 0.3) is 0 Å². The standard InChI is InChI=1S/C14H17ClN4O2/c1-8(2)13(17)14(21)18-7-12(20)19-11-5-9(6-16)3-4-10(11)15/h3-5,8,13H,7,17H2,1-2H3,(H,18,21)(H,19,20)/t13-/m0/s1. The maximum Gasteiger partial charge on any atom is 0.243 e. The molecule has 0 spiro atoms. The molecule has 4 N–H and O–H groups in total. The predicted octanol–water partition coefficient (Wildman–Crippen LogP) is 1.25. The number of halogens is 1. The minimum Gasteiger partial charge on any atom is -0.346 e. The second-order valence-electron chi connectivity index (χ2n) is 4.84. The topological polar surface area (TPSA) is 108 Å². The number of carbonyl (C=O) groups is 2. The Morgan fingerprint density at radius 2 is 2.10 bits per heavy atom. The van der Waals surface area contributed by atoms with Crippen LogP contribution in [0.15, 0.2) is 18.2 Å². The van der Waals surface area contributed by atoms with Gasteiger partial charge in [0.25, 0.3) is 0 Å². The van der Waals surface area contributed by atoms with Gasteiger partial charge in [0.1, 0.15) is 0 Å². The monoisotopic (exact) mass is 308 g/mol. The first-order chi connectivity index (χ1) is 9.85. The molecular weight excluding hydrogens is 292 g/mol. The zero-order chi connectivity index (χ0) is 16.0. The molecular formula is C14H17ClN4O2. The van der Waals surface area contributed by atoms with E-state index < -0.39 is 17.9 Å². The van der Waals surface area contributed by atoms with Crippen LogP contribution in [0.5, 0.6) is 0 Å². The van der Waals surface area contributed by atoms with Gasteiger partial charge in [0.2, 0.25) is 11.8 Å². The first-order valence-electron chi connectivity index (χ1n) is 6.38. The van der Waals surface area contributed by atoms with Crippen LogP contribution in [-0.2, 0) is 9.59 Å². The minimum atomic E-state index is -0.664. The molecule has 0 heterocycles. The van der Waals surface area contributed by atoms with E-state index in [4.69, 9.17) is 22.6 Å². The van der Waals surface area contributed by atoms with Crippen molar-refractivity contribution in [2.75, 3.05) is 11.9 Å². The summed E-state index contributed by atoms with van der Waals surface area (Å²) in [6.07, 6.45) is 0. The summed E-state index contributed by atoms with van der Waals surface area (Å²) < 4.78 is 0. The predicted molar refractivity (Wildman–Crippen MR) is 80.6 cm³/mol. The first kappa shape index (κ1) is 17.0. The number of hydrogen-bond donors (Lipinski definition) is 3. The quantitative estimate of drug-likeness (QED) is 0.760. The summed E-state index contributed by atoms with van der Waals surface area (Å²) in [7, 11) is 0. The normalized spacial score (nSPS) is 11.6. The smallest absolute Gasteiger partial charge is 0.243 e. The molecule has 0 fully saturated rings. The molecule has 112 valence electrons. The maximum atomic E-state index is 11.8. The number of nitrogens with two attached hydrogens (primary N) is 1. The van der Waals surface area contributed by atoms with Crippen LogP contribution in [0.1, 0.15) is 19.4 Å². The lowest BCUT2D eigenvalue weighted by Gasteiger charge is -2.15. The van der Waals surface area contributed by atoms with Crippen molar-refractivity contribution < 1.29 is 9.59 Å². The van der Waals surface area contributed by atoms with Gasteiger partial charge in [0.05, 0.1) is 34.9 Å². The Balaban J connectivity index is 2.59. The number of benzene rings is 1. The number of rotatable bonds is 5. The van der Waals surface area contributed by atoms with Crippen LogP contribution in [0, 0.1) is 17.2 Å². The van der Waals surface area contributed by atoms with E-state index in [0.717, 1.165) is 0 Å². The number of anilines is 1. The minimum absolute atomic E-state index is 0.0187. The van der Waals surface area contributed by atoms with Crippen molar-refractivity contribution in [2.24, 2.45) is 11.7 Å². The third-order valence-corrected chi connectivity index (χ3v) is 3.14. The van der Waals surface area contributed by atoms with Crippen molar-refractivity contribution in [3.63, 3.8) is 0 Å². The molecule has 1 aromatic carbocycles. The Morgan fingerprint density at radius 1 is 1.43 bits per heavy atom. The third kappa shape index (κ3) is 5.06. The molecule has 21 heavy (non-hydrogen) atoms. The summed E-state index contributed by atoms with van der Waals surface area (Å²) in [6.45, 7) is 3.42. The van der Waals surface area contributed by atoms with Gasteiger partial charge in [-0.05, 0) is 24.1 Å². The Bertz CT molecular complexity index is 581. The molecule has 1 rings (SSSR count). The van der Waals surface area contributed by atoms with Crippen molar-refractivity contribution in [1.29, 1.82) is 5.26 Å². The van der Waals surface area contributed by atoms with Gasteiger partial charge in [-0.15, -0.1) is 0 Å². The van der Waals surface area contributed by atoms with Gasteiger partial charge in [-0.25, -0.2) is 0 Å². The second-order valence-corrected chi connectivity index (χ2v) is 5.25. The molecule has 0 saturated heterocycles. The highest BCUT2D eigenvalue weighted by Crippen LogP contribution is 2.22. The van der Waals surface area contributed by atoms with E-state index in [1.807, 2.05) is 19.9 Å². The van der Waals surface area contributed by atoms with Crippen LogP contribution in [-0.4, -0.2) is 24.4 Å². The van der Waals surface area contributed by atoms with Gasteiger partial charge in [-0.1, -0.05) is 25.4 Å². The molecule has 0 unspecified atom stereocenters. The summed E-state index contributed by atoms with van der Waals surface area (Å²) in [5, 5.41) is 14.1. The van der Waals surface area contributed by atoms with Crippen molar-refractivity contribution in [3.8, 4) is 6.07 Å². The zero-order valence-electron chi connectivity index (χ0n) is 11.8. The molecule has 0 radical (unpaired) electrons. The van der Waals surface area contributed by atoms with Crippen molar-refractivity contribution in [2.45, 2.75) is 19.9 Å². The van der Waals surface area contributed by atoms with E-state index >= 15 is 0 Å². The number of nitrogens with one attached hydrogen (secondary N) is 2. The summed E-state index contributed by atoms with van der Waals surface area (Å²) >= 11 is 5.92. The van der Waals surface area contributed by atoms with Gasteiger partial charge < -0.3 is 16.4 Å². The van der Waals surface area contributed by atoms with E-state index in [1.165, 1.54) is 12.1 Å². The highest BCUT2D eigenvalue weighted by atomic mass is 35.5. The molecule has 2 amide bonds. The average Bonchev–Trinajstić information content (AvgIpc) is 2.46. The molecule has 0 aromatic heterocycles. The Morgan fingerprint density at radius 3 is 2.67 bits per heavy atom. The fraction of sp³-hybridized carbons (Fsp3) is 0.357. The first-order valence-corrected chi connectivity index (χ1v) is 6.75. The van der Waals surface area contributed by atoms with Gasteiger partial charge >= 0.3 is 0 Å². The number of nitriles is 1. The zero-order valence-corrected chi connectivity index (χ0v) is 12.6. The Labute approximate surface area is 128 Å². The van der Waals surface area contributed by atoms with Crippen LogP contribution in [0.4, 0.5) is 5.69 Å². The van der Waals surface area contributed by atoms with Crippen molar-refractivity contribution in [3.05, 3.63) is 28.8 Å². The van der Waals surface area contributed by atoms with Crippen LogP contribution < -0.4 is 16.4 Å². The second kappa shape index (κ2) is 7.62. The van der Waals surface area contributed by atoms with E-state index in [9.17, 15) is 9.59 Å². The van der Waals surface area contributed by atoms with Gasteiger partial charge in [0.15, 0.2) is 0 Å². The van der Waals surface area contributed by atoms with Crippen molar-refractivity contribution >= 4 is 29.1 Å². The molecule has 0 aliphatic heterocycles. The van der Waals surface area contributed by atoms with Gasteiger partial charge in [-0.2, -0.15) is 5.26 Å². The molecule has 6 nitrogen and oxygen atoms in total. The SMILES string of the molecule is CC(C)[C@H](N)C(=O)NCC(=O)Nc1cc(C#N)ccc1Cl. The molecule has 7 heteroatoms. The van der Waals surface area contributed by atoms with Gasteiger partial charge in [-0.3, -0.25) is 9.59 Å². The molecule has 0 saturated carbocycles. The van der Waals surface area contributed by atoms with Crippen molar-refractivity contribution in [1.82, 2.24) is 5.32 Å². The van der Waals surface area contributed by atoms with E-state index in [0.29, 0.717) is 16.3 Å². The largest absolute Gasteiger partial charge is 0.346 e. The summed E-state index contributed by atoms with van der Waals surface area (Å²) in [5.41, 5.74) is 6.36. The summed E-state index contributed by atoms with van der Waals surface area (Å²) in [6, 6.07) is 5.81. The Kier molecular flexibility index (Phi) is 6.15. The third-order valence-electron chi connectivity index (χ3n) is 2.81. The molecule has 0 aliphatic rings. The van der Waals surface area contributed by atoms with E-state index in [1.54, 1.807) is 6.07 Å². The Hall–Kier alpha value is -2.10. The fourth-order valence-electron chi connectivity index (χ4n) is 1.47. The highest BCUT2D eigenvalue weighted by molar-refractivity contribution is 6.33. The maximum absolute atomic E-state index is 11.8. The summed E-state index contributed by atoms with van der Waals surface area (Å²) in [5.74, 6) is -0.858. The van der Waals surface area contributed by atoms with E-state index in [2.05, 4.69) is 10.6 Å². The lowest BCUT2D eigenvalue weighted by atomic mass is 10.1.